The molecule has 0 amide bonds. The van der Waals surface area contributed by atoms with E-state index in [1.165, 1.54) is 130 Å². The molecule has 0 N–H and O–H groups in total. The Hall–Kier alpha value is -2.34. The number of piperidine rings is 1. The van der Waals surface area contributed by atoms with Crippen molar-refractivity contribution in [3.05, 3.63) is 53.6 Å². The van der Waals surface area contributed by atoms with Crippen LogP contribution in [0.15, 0.2) is 42.5 Å². The van der Waals surface area contributed by atoms with Crippen molar-refractivity contribution in [2.75, 3.05) is 38.2 Å². The maximum absolute atomic E-state index is 5.34. The van der Waals surface area contributed by atoms with E-state index in [2.05, 4.69) is 56.8 Å². The molecule has 0 bridgehead atoms. The number of benzene rings is 2. The van der Waals surface area contributed by atoms with Gasteiger partial charge in [-0.1, -0.05) is 62.4 Å². The minimum absolute atomic E-state index is 0.480. The van der Waals surface area contributed by atoms with Crippen LogP contribution >= 0.6 is 0 Å². The number of nitrogens with zero attached hydrogens (tertiary/aromatic N) is 3. The summed E-state index contributed by atoms with van der Waals surface area (Å²) in [5.74, 6) is 1.51. The summed E-state index contributed by atoms with van der Waals surface area (Å²) in [6, 6.07) is 17.2. The zero-order valence-corrected chi connectivity index (χ0v) is 25.2. The fourth-order valence-electron chi connectivity index (χ4n) is 8.70. The molecule has 2 aromatic carbocycles. The lowest BCUT2D eigenvalue weighted by Crippen LogP contribution is -2.40. The van der Waals surface area contributed by atoms with E-state index in [1.54, 1.807) is 12.7 Å². The average Bonchev–Trinajstić information content (AvgIpc) is 3.64. The Kier molecular flexibility index (Phi) is 8.37. The Morgan fingerprint density at radius 2 is 1.59 bits per heavy atom. The molecular weight excluding hydrogens is 506 g/mol. The van der Waals surface area contributed by atoms with Gasteiger partial charge in [-0.15, -0.1) is 0 Å². The Bertz CT molecular complexity index is 1310. The highest BCUT2D eigenvalue weighted by Gasteiger charge is 2.31. The minimum Gasteiger partial charge on any atom is -0.369 e. The van der Waals surface area contributed by atoms with E-state index in [0.29, 0.717) is 12.5 Å². The molecule has 4 aliphatic rings. The molecule has 1 saturated heterocycles. The van der Waals surface area contributed by atoms with Crippen molar-refractivity contribution in [3.63, 3.8) is 0 Å². The highest BCUT2D eigenvalue weighted by Crippen LogP contribution is 2.47. The second-order valence-corrected chi connectivity index (χ2v) is 13.2. The lowest BCUT2D eigenvalue weighted by atomic mass is 9.81. The minimum atomic E-state index is 0.480. The first kappa shape index (κ1) is 27.5. The molecule has 2 saturated carbocycles. The topological polar surface area (TPSA) is 29.9 Å². The molecule has 3 heterocycles. The first-order valence-corrected chi connectivity index (χ1v) is 16.7. The van der Waals surface area contributed by atoms with Gasteiger partial charge in [0.15, 0.2) is 0 Å². The van der Waals surface area contributed by atoms with E-state index in [9.17, 15) is 0 Å². The quantitative estimate of drug-likeness (QED) is 0.207. The summed E-state index contributed by atoms with van der Waals surface area (Å²) < 4.78 is 2.66. The van der Waals surface area contributed by atoms with Gasteiger partial charge in [-0.2, -0.15) is 0 Å². The lowest BCUT2D eigenvalue weighted by Gasteiger charge is -2.37. The van der Waals surface area contributed by atoms with Crippen LogP contribution in [-0.2, 0) is 22.9 Å². The van der Waals surface area contributed by atoms with Gasteiger partial charge in [-0.25, -0.2) is 9.78 Å². The van der Waals surface area contributed by atoms with E-state index in [4.69, 9.17) is 9.78 Å². The van der Waals surface area contributed by atoms with Gasteiger partial charge >= 0.3 is 0 Å². The van der Waals surface area contributed by atoms with Gasteiger partial charge in [-0.3, -0.25) is 0 Å². The van der Waals surface area contributed by atoms with E-state index < -0.39 is 0 Å². The third-order valence-electron chi connectivity index (χ3n) is 10.9. The smallest absolute Gasteiger partial charge is 0.107 e. The second-order valence-electron chi connectivity index (χ2n) is 13.2. The van der Waals surface area contributed by atoms with Gasteiger partial charge < -0.3 is 14.4 Å². The molecule has 3 aromatic rings. The summed E-state index contributed by atoms with van der Waals surface area (Å²) in [6.45, 7) is 6.39. The van der Waals surface area contributed by atoms with Crippen molar-refractivity contribution in [3.8, 4) is 11.3 Å². The van der Waals surface area contributed by atoms with E-state index >= 15 is 0 Å². The summed E-state index contributed by atoms with van der Waals surface area (Å²) in [5, 5.41) is 1.45. The molecule has 3 fully saturated rings. The molecule has 5 nitrogen and oxygen atoms in total. The van der Waals surface area contributed by atoms with Crippen molar-refractivity contribution >= 4 is 16.6 Å². The number of aromatic nitrogens is 1. The first-order valence-electron chi connectivity index (χ1n) is 16.7. The fraction of sp³-hybridized carbons (Fsp3) is 0.611. The first-order chi connectivity index (χ1) is 20.3. The number of anilines is 1. The third-order valence-corrected chi connectivity index (χ3v) is 10.9. The van der Waals surface area contributed by atoms with Gasteiger partial charge in [0, 0.05) is 47.8 Å². The summed E-state index contributed by atoms with van der Waals surface area (Å²) in [5.41, 5.74) is 8.51. The lowest BCUT2D eigenvalue weighted by molar-refractivity contribution is -0.282. The molecule has 0 spiro atoms. The van der Waals surface area contributed by atoms with Crippen LogP contribution < -0.4 is 4.90 Å². The predicted molar refractivity (Wildman–Crippen MR) is 168 cm³/mol. The summed E-state index contributed by atoms with van der Waals surface area (Å²) in [4.78, 5) is 15.8. The molecule has 0 radical (unpaired) electrons. The summed E-state index contributed by atoms with van der Waals surface area (Å²) in [6.07, 6.45) is 16.6. The van der Waals surface area contributed by atoms with Crippen LogP contribution in [0.25, 0.3) is 22.2 Å². The molecule has 220 valence electrons. The monoisotopic (exact) mass is 555 g/mol. The Balaban J connectivity index is 1.17. The van der Waals surface area contributed by atoms with Crippen LogP contribution in [0.2, 0.25) is 0 Å². The SMILES string of the molecule is COOCc1ccc2c(C3CCCCC3)c3n(c2c1)CCN(CCC1CCN(C2CCCC2)CC1)c1ccccc1-3. The van der Waals surface area contributed by atoms with Gasteiger partial charge in [0.25, 0.3) is 0 Å². The molecule has 0 unspecified atom stereocenters. The fourth-order valence-corrected chi connectivity index (χ4v) is 8.70. The maximum Gasteiger partial charge on any atom is 0.107 e. The number of para-hydroxylation sites is 1. The number of hydrogen-bond donors (Lipinski definition) is 0. The van der Waals surface area contributed by atoms with Crippen LogP contribution in [0.3, 0.4) is 0 Å². The Morgan fingerprint density at radius 3 is 2.39 bits per heavy atom. The van der Waals surface area contributed by atoms with Gasteiger partial charge in [0.1, 0.15) is 6.61 Å². The summed E-state index contributed by atoms with van der Waals surface area (Å²) in [7, 11) is 1.59. The molecule has 41 heavy (non-hydrogen) atoms. The highest BCUT2D eigenvalue weighted by molar-refractivity contribution is 5.96. The van der Waals surface area contributed by atoms with Crippen LogP contribution in [-0.4, -0.2) is 48.8 Å². The highest BCUT2D eigenvalue weighted by atomic mass is 17.2. The summed E-state index contributed by atoms with van der Waals surface area (Å²) >= 11 is 0. The van der Waals surface area contributed by atoms with Crippen molar-refractivity contribution < 1.29 is 9.78 Å². The number of likely N-dealkylation sites (tertiary alicyclic amines) is 1. The van der Waals surface area contributed by atoms with Crippen molar-refractivity contribution in [2.24, 2.45) is 5.92 Å². The van der Waals surface area contributed by atoms with Crippen LogP contribution in [0.1, 0.15) is 94.1 Å². The van der Waals surface area contributed by atoms with E-state index in [-0.39, 0.29) is 0 Å². The predicted octanol–water partition coefficient (Wildman–Crippen LogP) is 8.30. The second kappa shape index (κ2) is 12.5. The Labute approximate surface area is 246 Å². The number of rotatable bonds is 8. The molecule has 5 heteroatoms. The van der Waals surface area contributed by atoms with Crippen LogP contribution in [0, 0.1) is 5.92 Å². The van der Waals surface area contributed by atoms with Gasteiger partial charge in [0.05, 0.1) is 12.8 Å². The molecule has 2 aliphatic carbocycles. The standard InChI is InChI=1S/C36H49N3O2/c1-40-41-26-28-15-16-31-34(25-28)39-24-23-38(22-19-27-17-20-37(21-18-27)30-11-5-6-12-30)33-14-8-7-13-32(33)36(39)35(31)29-9-3-2-4-10-29/h7-8,13-16,25,27,29-30H,2-6,9-12,17-24,26H2,1H3. The Morgan fingerprint density at radius 1 is 0.805 bits per heavy atom. The molecule has 0 atom stereocenters. The largest absolute Gasteiger partial charge is 0.369 e. The van der Waals surface area contributed by atoms with Crippen molar-refractivity contribution in [1.82, 2.24) is 9.47 Å². The van der Waals surface area contributed by atoms with Gasteiger partial charge in [-0.05, 0) is 93.1 Å². The normalized spacial score (nSPS) is 21.3. The average molecular weight is 556 g/mol. The van der Waals surface area contributed by atoms with Crippen molar-refractivity contribution in [1.29, 1.82) is 0 Å². The molecule has 7 rings (SSSR count). The number of fused-ring (bicyclic) bond motifs is 5. The molecular formula is C36H49N3O2. The van der Waals surface area contributed by atoms with Gasteiger partial charge in [0.2, 0.25) is 0 Å². The maximum atomic E-state index is 5.34. The third kappa shape index (κ3) is 5.58. The zero-order valence-electron chi connectivity index (χ0n) is 25.2. The molecule has 2 aliphatic heterocycles. The molecule has 1 aromatic heterocycles. The number of hydrogen-bond acceptors (Lipinski definition) is 4. The van der Waals surface area contributed by atoms with Crippen LogP contribution in [0.4, 0.5) is 5.69 Å². The van der Waals surface area contributed by atoms with E-state index in [0.717, 1.165) is 25.0 Å². The van der Waals surface area contributed by atoms with Crippen molar-refractivity contribution in [2.45, 2.75) is 102 Å². The van der Waals surface area contributed by atoms with Crippen LogP contribution in [0.5, 0.6) is 0 Å². The van der Waals surface area contributed by atoms with E-state index in [1.807, 2.05) is 0 Å². The zero-order chi connectivity index (χ0) is 27.6.